The Morgan fingerprint density at radius 3 is 3.00 bits per heavy atom. The highest BCUT2D eigenvalue weighted by atomic mass is 32.2. The van der Waals surface area contributed by atoms with Crippen LogP contribution in [0.15, 0.2) is 6.20 Å². The van der Waals surface area contributed by atoms with Crippen LogP contribution >= 0.6 is 23.1 Å². The zero-order valence-electron chi connectivity index (χ0n) is 7.94. The maximum atomic E-state index is 5.57. The molecule has 0 aromatic carbocycles. The average molecular weight is 230 g/mol. The lowest BCUT2D eigenvalue weighted by molar-refractivity contribution is 0.1000. The van der Waals surface area contributed by atoms with Crippen molar-refractivity contribution in [2.75, 3.05) is 18.9 Å². The molecule has 1 aliphatic rings. The predicted octanol–water partition coefficient (Wildman–Crippen LogP) is 2.14. The van der Waals surface area contributed by atoms with Gasteiger partial charge < -0.3 is 10.5 Å². The number of nitrogen functional groups attached to an aromatic ring is 1. The molecule has 1 saturated heterocycles. The summed E-state index contributed by atoms with van der Waals surface area (Å²) in [5.74, 6) is 1.04. The van der Waals surface area contributed by atoms with Crippen LogP contribution < -0.4 is 5.73 Å². The maximum Gasteiger partial charge on any atom is 0.180 e. The number of anilines is 1. The second kappa shape index (κ2) is 5.00. The van der Waals surface area contributed by atoms with E-state index in [-0.39, 0.29) is 0 Å². The Morgan fingerprint density at radius 2 is 2.36 bits per heavy atom. The Balaban J connectivity index is 1.76. The van der Waals surface area contributed by atoms with Gasteiger partial charge in [-0.1, -0.05) is 0 Å². The van der Waals surface area contributed by atoms with Crippen molar-refractivity contribution < 1.29 is 4.74 Å². The summed E-state index contributed by atoms with van der Waals surface area (Å²) < 4.78 is 5.31. The molecule has 3 nitrogen and oxygen atoms in total. The molecule has 0 amide bonds. The molecule has 0 unspecified atom stereocenters. The fraction of sp³-hybridized carbons (Fsp3) is 0.667. The molecule has 14 heavy (non-hydrogen) atoms. The largest absolute Gasteiger partial charge is 0.381 e. The summed E-state index contributed by atoms with van der Waals surface area (Å²) in [7, 11) is 0. The lowest BCUT2D eigenvalue weighted by Crippen LogP contribution is -2.17. The number of hydrogen-bond acceptors (Lipinski definition) is 5. The molecule has 1 aromatic rings. The van der Waals surface area contributed by atoms with Crippen LogP contribution in [0.2, 0.25) is 0 Å². The number of hydrogen-bond donors (Lipinski definition) is 1. The molecule has 0 aliphatic carbocycles. The third-order valence-electron chi connectivity index (χ3n) is 2.20. The monoisotopic (exact) mass is 230 g/mol. The second-order valence-electron chi connectivity index (χ2n) is 3.29. The molecule has 0 bridgehead atoms. The second-order valence-corrected chi connectivity index (χ2v) is 5.72. The van der Waals surface area contributed by atoms with Crippen LogP contribution in [0.3, 0.4) is 0 Å². The van der Waals surface area contributed by atoms with E-state index in [0.717, 1.165) is 24.2 Å². The first-order valence-corrected chi connectivity index (χ1v) is 6.60. The first-order chi connectivity index (χ1) is 6.84. The van der Waals surface area contributed by atoms with Crippen molar-refractivity contribution in [3.8, 4) is 0 Å². The number of nitrogens with zero attached hydrogens (tertiary/aromatic N) is 1. The summed E-state index contributed by atoms with van der Waals surface area (Å²) in [6, 6.07) is 0. The molecule has 1 fully saturated rings. The van der Waals surface area contributed by atoms with Crippen LogP contribution in [0.25, 0.3) is 0 Å². The van der Waals surface area contributed by atoms with Crippen LogP contribution in [0.1, 0.15) is 17.7 Å². The van der Waals surface area contributed by atoms with Gasteiger partial charge in [0.15, 0.2) is 5.13 Å². The number of thiazole rings is 1. The Bertz CT molecular complexity index is 284. The number of thioether (sulfide) groups is 1. The lowest BCUT2D eigenvalue weighted by atomic mass is 10.2. The quantitative estimate of drug-likeness (QED) is 0.864. The minimum absolute atomic E-state index is 0.674. The maximum absolute atomic E-state index is 5.57. The number of aromatic nitrogens is 1. The molecule has 78 valence electrons. The number of rotatable bonds is 3. The molecule has 0 atom stereocenters. The molecule has 1 aliphatic heterocycles. The smallest absolute Gasteiger partial charge is 0.180 e. The van der Waals surface area contributed by atoms with Gasteiger partial charge in [0.2, 0.25) is 0 Å². The average Bonchev–Trinajstić information content (AvgIpc) is 2.63. The van der Waals surface area contributed by atoms with Gasteiger partial charge in [-0.2, -0.15) is 11.8 Å². The first-order valence-electron chi connectivity index (χ1n) is 4.74. The van der Waals surface area contributed by atoms with E-state index in [1.54, 1.807) is 11.3 Å². The predicted molar refractivity (Wildman–Crippen MR) is 61.7 cm³/mol. The zero-order chi connectivity index (χ0) is 9.80. The first kappa shape index (κ1) is 10.3. The highest BCUT2D eigenvalue weighted by Crippen LogP contribution is 2.28. The number of nitrogens with two attached hydrogens (primary N) is 1. The summed E-state index contributed by atoms with van der Waals surface area (Å²) in [6.07, 6.45) is 4.24. The highest BCUT2D eigenvalue weighted by molar-refractivity contribution is 7.99. The third-order valence-corrected chi connectivity index (χ3v) is 4.63. The lowest BCUT2D eigenvalue weighted by Gasteiger charge is -2.20. The van der Waals surface area contributed by atoms with Crippen molar-refractivity contribution in [1.29, 1.82) is 0 Å². The normalized spacial score (nSPS) is 18.6. The minimum Gasteiger partial charge on any atom is -0.381 e. The molecule has 2 rings (SSSR count). The van der Waals surface area contributed by atoms with Crippen molar-refractivity contribution in [2.24, 2.45) is 0 Å². The summed E-state index contributed by atoms with van der Waals surface area (Å²) in [6.45, 7) is 1.84. The fourth-order valence-corrected chi connectivity index (χ4v) is 3.35. The molecule has 0 radical (unpaired) electrons. The molecular weight excluding hydrogens is 216 g/mol. The zero-order valence-corrected chi connectivity index (χ0v) is 9.57. The molecule has 2 heterocycles. The van der Waals surface area contributed by atoms with E-state index in [9.17, 15) is 0 Å². The topological polar surface area (TPSA) is 48.1 Å². The number of ether oxygens (including phenoxy) is 1. The van der Waals surface area contributed by atoms with E-state index in [1.165, 1.54) is 17.7 Å². The van der Waals surface area contributed by atoms with E-state index in [4.69, 9.17) is 10.5 Å². The SMILES string of the molecule is Nc1ncc(CSC2CCOCC2)s1. The van der Waals surface area contributed by atoms with Crippen LogP contribution in [0, 0.1) is 0 Å². The highest BCUT2D eigenvalue weighted by Gasteiger charge is 2.14. The fourth-order valence-electron chi connectivity index (χ4n) is 1.43. The van der Waals surface area contributed by atoms with Crippen molar-refractivity contribution in [3.05, 3.63) is 11.1 Å². The van der Waals surface area contributed by atoms with Crippen LogP contribution in [-0.4, -0.2) is 23.4 Å². The van der Waals surface area contributed by atoms with Gasteiger partial charge in [-0.15, -0.1) is 11.3 Å². The van der Waals surface area contributed by atoms with E-state index in [2.05, 4.69) is 4.98 Å². The Kier molecular flexibility index (Phi) is 3.67. The Hall–Kier alpha value is -0.260. The molecule has 1 aromatic heterocycles. The molecular formula is C9H14N2OS2. The summed E-state index contributed by atoms with van der Waals surface area (Å²) in [4.78, 5) is 5.32. The van der Waals surface area contributed by atoms with Crippen LogP contribution in [-0.2, 0) is 10.5 Å². The van der Waals surface area contributed by atoms with Gasteiger partial charge in [-0.25, -0.2) is 4.98 Å². The Morgan fingerprint density at radius 1 is 1.57 bits per heavy atom. The van der Waals surface area contributed by atoms with Crippen molar-refractivity contribution >= 4 is 28.2 Å². The Labute approximate surface area is 92.1 Å². The third kappa shape index (κ3) is 2.87. The van der Waals surface area contributed by atoms with E-state index in [1.807, 2.05) is 18.0 Å². The van der Waals surface area contributed by atoms with Gasteiger partial charge in [0.05, 0.1) is 0 Å². The molecule has 0 spiro atoms. The van der Waals surface area contributed by atoms with Crippen molar-refractivity contribution in [2.45, 2.75) is 23.8 Å². The van der Waals surface area contributed by atoms with E-state index >= 15 is 0 Å². The van der Waals surface area contributed by atoms with Crippen molar-refractivity contribution in [1.82, 2.24) is 4.98 Å². The van der Waals surface area contributed by atoms with Gasteiger partial charge >= 0.3 is 0 Å². The minimum atomic E-state index is 0.674. The van der Waals surface area contributed by atoms with E-state index < -0.39 is 0 Å². The standard InChI is InChI=1S/C9H14N2OS2/c10-9-11-5-8(14-9)6-13-7-1-3-12-4-2-7/h5,7H,1-4,6H2,(H2,10,11). The molecule has 5 heteroatoms. The van der Waals surface area contributed by atoms with Gasteiger partial charge in [0.1, 0.15) is 0 Å². The summed E-state index contributed by atoms with van der Waals surface area (Å²) in [5.41, 5.74) is 5.57. The van der Waals surface area contributed by atoms with Crippen LogP contribution in [0.5, 0.6) is 0 Å². The van der Waals surface area contributed by atoms with Gasteiger partial charge in [-0.05, 0) is 12.8 Å². The van der Waals surface area contributed by atoms with Gasteiger partial charge in [-0.3, -0.25) is 0 Å². The molecule has 0 saturated carbocycles. The van der Waals surface area contributed by atoms with Crippen molar-refractivity contribution in [3.63, 3.8) is 0 Å². The van der Waals surface area contributed by atoms with Gasteiger partial charge in [0.25, 0.3) is 0 Å². The van der Waals surface area contributed by atoms with E-state index in [0.29, 0.717) is 5.13 Å². The van der Waals surface area contributed by atoms with Crippen LogP contribution in [0.4, 0.5) is 5.13 Å². The molecule has 2 N–H and O–H groups in total. The summed E-state index contributed by atoms with van der Waals surface area (Å²) in [5, 5.41) is 1.43. The summed E-state index contributed by atoms with van der Waals surface area (Å²) >= 11 is 3.59. The van der Waals surface area contributed by atoms with Gasteiger partial charge in [0, 0.05) is 35.3 Å².